The maximum absolute atomic E-state index is 12.9. The molecule has 100 valence electrons. The van der Waals surface area contributed by atoms with Gasteiger partial charge >= 0.3 is 0 Å². The first-order chi connectivity index (χ1) is 9.02. The highest BCUT2D eigenvalue weighted by Gasteiger charge is 2.02. The van der Waals surface area contributed by atoms with Crippen molar-refractivity contribution in [3.05, 3.63) is 70.8 Å². The third-order valence-electron chi connectivity index (χ3n) is 2.50. The molecular formula is C14H11F4N. The van der Waals surface area contributed by atoms with Crippen LogP contribution in [0.4, 0.5) is 17.6 Å². The van der Waals surface area contributed by atoms with Crippen molar-refractivity contribution in [1.82, 2.24) is 5.32 Å². The first kappa shape index (κ1) is 13.5. The summed E-state index contributed by atoms with van der Waals surface area (Å²) < 4.78 is 51.7. The van der Waals surface area contributed by atoms with Crippen molar-refractivity contribution in [2.45, 2.75) is 13.1 Å². The van der Waals surface area contributed by atoms with Gasteiger partial charge in [-0.15, -0.1) is 0 Å². The SMILES string of the molecule is Fc1cc(F)cc(CNCc2cc(F)cc(F)c2)c1. The summed E-state index contributed by atoms with van der Waals surface area (Å²) in [5.41, 5.74) is 0.851. The predicted octanol–water partition coefficient (Wildman–Crippen LogP) is 3.53. The van der Waals surface area contributed by atoms with Gasteiger partial charge in [-0.05, 0) is 35.4 Å². The summed E-state index contributed by atoms with van der Waals surface area (Å²) in [5, 5.41) is 2.86. The maximum atomic E-state index is 12.9. The predicted molar refractivity (Wildman–Crippen MR) is 63.3 cm³/mol. The molecule has 19 heavy (non-hydrogen) atoms. The summed E-state index contributed by atoms with van der Waals surface area (Å²) >= 11 is 0. The highest BCUT2D eigenvalue weighted by atomic mass is 19.1. The van der Waals surface area contributed by atoms with Crippen molar-refractivity contribution in [2.75, 3.05) is 0 Å². The van der Waals surface area contributed by atoms with Crippen LogP contribution in [0.2, 0.25) is 0 Å². The van der Waals surface area contributed by atoms with Gasteiger partial charge in [-0.2, -0.15) is 0 Å². The van der Waals surface area contributed by atoms with Crippen LogP contribution in [-0.4, -0.2) is 0 Å². The van der Waals surface area contributed by atoms with E-state index in [2.05, 4.69) is 5.32 Å². The monoisotopic (exact) mass is 269 g/mol. The number of benzene rings is 2. The molecule has 1 nitrogen and oxygen atoms in total. The van der Waals surface area contributed by atoms with Gasteiger partial charge in [0.1, 0.15) is 23.3 Å². The fraction of sp³-hybridized carbons (Fsp3) is 0.143. The van der Waals surface area contributed by atoms with E-state index < -0.39 is 23.3 Å². The van der Waals surface area contributed by atoms with Crippen LogP contribution in [0.5, 0.6) is 0 Å². The lowest BCUT2D eigenvalue weighted by molar-refractivity contribution is 0.570. The van der Waals surface area contributed by atoms with Gasteiger partial charge < -0.3 is 5.32 Å². The first-order valence-corrected chi connectivity index (χ1v) is 5.63. The molecule has 0 fully saturated rings. The summed E-state index contributed by atoms with van der Waals surface area (Å²) in [5.74, 6) is -2.63. The first-order valence-electron chi connectivity index (χ1n) is 5.63. The van der Waals surface area contributed by atoms with Gasteiger partial charge in [-0.25, -0.2) is 17.6 Å². The van der Waals surface area contributed by atoms with Crippen LogP contribution in [-0.2, 0) is 13.1 Å². The van der Waals surface area contributed by atoms with Gasteiger partial charge in [0, 0.05) is 25.2 Å². The van der Waals surface area contributed by atoms with Crippen molar-refractivity contribution in [3.8, 4) is 0 Å². The van der Waals surface area contributed by atoms with Crippen LogP contribution in [0.3, 0.4) is 0 Å². The topological polar surface area (TPSA) is 12.0 Å². The zero-order valence-electron chi connectivity index (χ0n) is 9.89. The van der Waals surface area contributed by atoms with Crippen LogP contribution in [0.25, 0.3) is 0 Å². The molecule has 0 bridgehead atoms. The zero-order valence-corrected chi connectivity index (χ0v) is 9.89. The molecule has 0 spiro atoms. The summed E-state index contributed by atoms with van der Waals surface area (Å²) in [6, 6.07) is 6.35. The lowest BCUT2D eigenvalue weighted by Gasteiger charge is -2.06. The summed E-state index contributed by atoms with van der Waals surface area (Å²) in [4.78, 5) is 0. The summed E-state index contributed by atoms with van der Waals surface area (Å²) in [7, 11) is 0. The smallest absolute Gasteiger partial charge is 0.126 e. The fourth-order valence-electron chi connectivity index (χ4n) is 1.78. The maximum Gasteiger partial charge on any atom is 0.126 e. The lowest BCUT2D eigenvalue weighted by Crippen LogP contribution is -2.13. The quantitative estimate of drug-likeness (QED) is 0.837. The molecule has 0 saturated carbocycles. The van der Waals surface area contributed by atoms with Gasteiger partial charge in [0.15, 0.2) is 0 Å². The molecule has 2 aromatic carbocycles. The lowest BCUT2D eigenvalue weighted by atomic mass is 10.2. The second kappa shape index (κ2) is 5.84. The number of halogens is 4. The minimum absolute atomic E-state index is 0.201. The normalized spacial score (nSPS) is 10.7. The molecule has 0 saturated heterocycles. The molecular weight excluding hydrogens is 258 g/mol. The Morgan fingerprint density at radius 3 is 1.21 bits per heavy atom. The highest BCUT2D eigenvalue weighted by molar-refractivity contribution is 5.19. The van der Waals surface area contributed by atoms with E-state index in [0.29, 0.717) is 11.1 Å². The Morgan fingerprint density at radius 2 is 0.895 bits per heavy atom. The molecule has 0 unspecified atom stereocenters. The number of hydrogen-bond acceptors (Lipinski definition) is 1. The van der Waals surface area contributed by atoms with E-state index in [9.17, 15) is 17.6 Å². The average Bonchev–Trinajstić information content (AvgIpc) is 2.26. The minimum atomic E-state index is -0.659. The third-order valence-corrected chi connectivity index (χ3v) is 2.50. The van der Waals surface area contributed by atoms with Gasteiger partial charge in [0.25, 0.3) is 0 Å². The van der Waals surface area contributed by atoms with Crippen molar-refractivity contribution >= 4 is 0 Å². The Labute approximate surface area is 107 Å². The van der Waals surface area contributed by atoms with Gasteiger partial charge in [-0.1, -0.05) is 0 Å². The molecule has 0 aliphatic carbocycles. The molecule has 0 heterocycles. The molecule has 0 aromatic heterocycles. The van der Waals surface area contributed by atoms with E-state index in [-0.39, 0.29) is 13.1 Å². The number of nitrogens with one attached hydrogen (secondary N) is 1. The highest BCUT2D eigenvalue weighted by Crippen LogP contribution is 2.10. The fourth-order valence-corrected chi connectivity index (χ4v) is 1.78. The molecule has 0 aliphatic rings. The van der Waals surface area contributed by atoms with E-state index in [4.69, 9.17) is 0 Å². The van der Waals surface area contributed by atoms with Crippen molar-refractivity contribution < 1.29 is 17.6 Å². The Morgan fingerprint density at radius 1 is 0.579 bits per heavy atom. The van der Waals surface area contributed by atoms with Crippen molar-refractivity contribution in [2.24, 2.45) is 0 Å². The van der Waals surface area contributed by atoms with Gasteiger partial charge in [0.05, 0.1) is 0 Å². The Balaban J connectivity index is 1.96. The number of rotatable bonds is 4. The summed E-state index contributed by atoms with van der Waals surface area (Å²) in [6.07, 6.45) is 0. The van der Waals surface area contributed by atoms with Gasteiger partial charge in [-0.3, -0.25) is 0 Å². The zero-order chi connectivity index (χ0) is 13.8. The number of hydrogen-bond donors (Lipinski definition) is 1. The summed E-state index contributed by atoms with van der Waals surface area (Å²) in [6.45, 7) is 0.402. The van der Waals surface area contributed by atoms with Crippen LogP contribution < -0.4 is 5.32 Å². The van der Waals surface area contributed by atoms with E-state index in [1.54, 1.807) is 0 Å². The Hall–Kier alpha value is -1.88. The van der Waals surface area contributed by atoms with E-state index in [0.717, 1.165) is 12.1 Å². The van der Waals surface area contributed by atoms with E-state index >= 15 is 0 Å². The van der Waals surface area contributed by atoms with Crippen molar-refractivity contribution in [3.63, 3.8) is 0 Å². The molecule has 5 heteroatoms. The molecule has 0 atom stereocenters. The molecule has 1 N–H and O–H groups in total. The average molecular weight is 269 g/mol. The minimum Gasteiger partial charge on any atom is -0.309 e. The second-order valence-electron chi connectivity index (χ2n) is 4.16. The molecule has 0 aliphatic heterocycles. The standard InChI is InChI=1S/C14H11F4N/c15-11-1-9(2-12(16)5-11)7-19-8-10-3-13(17)6-14(18)4-10/h1-6,19H,7-8H2. The van der Waals surface area contributed by atoms with Crippen molar-refractivity contribution in [1.29, 1.82) is 0 Å². The molecule has 0 amide bonds. The Kier molecular flexibility index (Phi) is 4.16. The largest absolute Gasteiger partial charge is 0.309 e. The van der Waals surface area contributed by atoms with Crippen LogP contribution in [0.1, 0.15) is 11.1 Å². The van der Waals surface area contributed by atoms with Crippen LogP contribution in [0, 0.1) is 23.3 Å². The van der Waals surface area contributed by atoms with Crippen LogP contribution in [0.15, 0.2) is 36.4 Å². The molecule has 2 rings (SSSR count). The van der Waals surface area contributed by atoms with E-state index in [1.807, 2.05) is 0 Å². The third kappa shape index (κ3) is 4.06. The van der Waals surface area contributed by atoms with Crippen LogP contribution >= 0.6 is 0 Å². The molecule has 0 radical (unpaired) electrons. The van der Waals surface area contributed by atoms with E-state index in [1.165, 1.54) is 24.3 Å². The molecule has 2 aromatic rings. The van der Waals surface area contributed by atoms with Gasteiger partial charge in [0.2, 0.25) is 0 Å². The second-order valence-corrected chi connectivity index (χ2v) is 4.16. The Bertz CT molecular complexity index is 492.